The molecule has 6 heteroatoms. The molecule has 0 atom stereocenters. The molecule has 0 bridgehead atoms. The van der Waals surface area contributed by atoms with E-state index in [2.05, 4.69) is 36.4 Å². The lowest BCUT2D eigenvalue weighted by atomic mass is 10.1. The number of anilines is 1. The van der Waals surface area contributed by atoms with E-state index in [4.69, 9.17) is 16.6 Å². The smallest absolute Gasteiger partial charge is 0.256 e. The molecule has 1 amide bonds. The fraction of sp³-hybridized carbons (Fsp3) is 0.227. The van der Waals surface area contributed by atoms with Crippen molar-refractivity contribution in [1.82, 2.24) is 14.8 Å². The Kier molecular flexibility index (Phi) is 5.01. The van der Waals surface area contributed by atoms with Gasteiger partial charge in [-0.15, -0.1) is 0 Å². The van der Waals surface area contributed by atoms with Crippen LogP contribution in [0.1, 0.15) is 35.7 Å². The maximum atomic E-state index is 12.7. The summed E-state index contributed by atoms with van der Waals surface area (Å²) in [6, 6.07) is 14.9. The monoisotopic (exact) mass is 392 g/mol. The largest absolute Gasteiger partial charge is 0.305 e. The molecule has 28 heavy (non-hydrogen) atoms. The minimum Gasteiger partial charge on any atom is -0.305 e. The molecule has 2 aromatic heterocycles. The molecule has 2 aromatic carbocycles. The van der Waals surface area contributed by atoms with Crippen molar-refractivity contribution < 1.29 is 4.79 Å². The van der Waals surface area contributed by atoms with Crippen LogP contribution < -0.4 is 5.32 Å². The molecule has 0 aliphatic heterocycles. The maximum Gasteiger partial charge on any atom is 0.256 e. The first-order chi connectivity index (χ1) is 13.6. The third kappa shape index (κ3) is 3.45. The van der Waals surface area contributed by atoms with Crippen molar-refractivity contribution in [3.8, 4) is 0 Å². The summed E-state index contributed by atoms with van der Waals surface area (Å²) in [7, 11) is 0. The van der Waals surface area contributed by atoms with Crippen LogP contribution in [0.15, 0.2) is 48.5 Å². The van der Waals surface area contributed by atoms with E-state index in [0.29, 0.717) is 16.4 Å². The number of rotatable bonds is 5. The number of nitrogens with zero attached hydrogens (tertiary/aromatic N) is 3. The van der Waals surface area contributed by atoms with Gasteiger partial charge in [-0.05, 0) is 49.2 Å². The van der Waals surface area contributed by atoms with Crippen LogP contribution >= 0.6 is 11.6 Å². The SMILES string of the molecule is CCCCn1nc(NC(=O)c2ccc(Cl)cc2)c2cc3cccc(C)c3nc21. The van der Waals surface area contributed by atoms with Crippen molar-refractivity contribution in [3.63, 3.8) is 0 Å². The number of hydrogen-bond acceptors (Lipinski definition) is 3. The van der Waals surface area contributed by atoms with E-state index >= 15 is 0 Å². The van der Waals surface area contributed by atoms with Crippen LogP contribution in [0.25, 0.3) is 21.9 Å². The van der Waals surface area contributed by atoms with Gasteiger partial charge in [-0.2, -0.15) is 5.10 Å². The average Bonchev–Trinajstić information content (AvgIpc) is 3.02. The van der Waals surface area contributed by atoms with Gasteiger partial charge in [-0.1, -0.05) is 43.1 Å². The second-order valence-electron chi connectivity index (χ2n) is 6.89. The van der Waals surface area contributed by atoms with Gasteiger partial charge in [0.15, 0.2) is 11.5 Å². The number of aryl methyl sites for hydroxylation is 2. The molecular formula is C22H21ClN4O. The Morgan fingerprint density at radius 3 is 2.71 bits per heavy atom. The molecule has 0 spiro atoms. The highest BCUT2D eigenvalue weighted by atomic mass is 35.5. The van der Waals surface area contributed by atoms with Gasteiger partial charge < -0.3 is 5.32 Å². The van der Waals surface area contributed by atoms with Crippen LogP contribution in [-0.4, -0.2) is 20.7 Å². The fourth-order valence-corrected chi connectivity index (χ4v) is 3.39. The molecule has 142 valence electrons. The first-order valence-electron chi connectivity index (χ1n) is 9.40. The van der Waals surface area contributed by atoms with Crippen molar-refractivity contribution in [1.29, 1.82) is 0 Å². The number of nitrogens with one attached hydrogen (secondary N) is 1. The fourth-order valence-electron chi connectivity index (χ4n) is 3.27. The third-order valence-electron chi connectivity index (χ3n) is 4.81. The standard InChI is InChI=1S/C22H21ClN4O/c1-3-4-12-27-21-18(13-16-7-5-6-14(2)19(16)24-21)20(26-27)25-22(28)15-8-10-17(23)11-9-15/h5-11,13H,3-4,12H2,1-2H3,(H,25,26,28). The van der Waals surface area contributed by atoms with Crippen LogP contribution in [-0.2, 0) is 6.54 Å². The second kappa shape index (κ2) is 7.60. The minimum atomic E-state index is -0.219. The Balaban J connectivity index is 1.80. The van der Waals surface area contributed by atoms with Crippen molar-refractivity contribution >= 4 is 45.3 Å². The molecule has 0 radical (unpaired) electrons. The number of fused-ring (bicyclic) bond motifs is 2. The number of aromatic nitrogens is 3. The zero-order valence-electron chi connectivity index (χ0n) is 15.9. The van der Waals surface area contributed by atoms with Gasteiger partial charge in [0.05, 0.1) is 10.9 Å². The van der Waals surface area contributed by atoms with Crippen LogP contribution in [0.2, 0.25) is 5.02 Å². The molecular weight excluding hydrogens is 372 g/mol. The molecule has 1 N–H and O–H groups in total. The van der Waals surface area contributed by atoms with Crippen LogP contribution in [0.4, 0.5) is 5.82 Å². The number of halogens is 1. The number of carbonyl (C=O) groups is 1. The van der Waals surface area contributed by atoms with E-state index < -0.39 is 0 Å². The molecule has 4 aromatic rings. The summed E-state index contributed by atoms with van der Waals surface area (Å²) in [5.41, 5.74) is 3.41. The summed E-state index contributed by atoms with van der Waals surface area (Å²) < 4.78 is 1.89. The summed E-state index contributed by atoms with van der Waals surface area (Å²) >= 11 is 5.92. The van der Waals surface area contributed by atoms with E-state index in [-0.39, 0.29) is 5.91 Å². The molecule has 0 saturated heterocycles. The van der Waals surface area contributed by atoms with Crippen LogP contribution in [0, 0.1) is 6.92 Å². The number of amides is 1. The number of unbranched alkanes of at least 4 members (excludes halogenated alkanes) is 1. The van der Waals surface area contributed by atoms with Gasteiger partial charge in [0.1, 0.15) is 0 Å². The summed E-state index contributed by atoms with van der Waals surface area (Å²) in [5.74, 6) is 0.310. The predicted molar refractivity (Wildman–Crippen MR) is 114 cm³/mol. The number of carbonyl (C=O) groups excluding carboxylic acids is 1. The van der Waals surface area contributed by atoms with Crippen molar-refractivity contribution in [2.45, 2.75) is 33.2 Å². The van der Waals surface area contributed by atoms with Crippen LogP contribution in [0.3, 0.4) is 0 Å². The molecule has 4 rings (SSSR count). The zero-order valence-corrected chi connectivity index (χ0v) is 16.6. The Labute approximate surface area is 168 Å². The van der Waals surface area contributed by atoms with E-state index in [1.165, 1.54) is 0 Å². The quantitative estimate of drug-likeness (QED) is 0.481. The zero-order chi connectivity index (χ0) is 19.7. The van der Waals surface area contributed by atoms with Gasteiger partial charge in [-0.3, -0.25) is 4.79 Å². The van der Waals surface area contributed by atoms with E-state index in [9.17, 15) is 4.79 Å². The third-order valence-corrected chi connectivity index (χ3v) is 5.06. The maximum absolute atomic E-state index is 12.7. The lowest BCUT2D eigenvalue weighted by Gasteiger charge is -2.04. The number of pyridine rings is 1. The second-order valence-corrected chi connectivity index (χ2v) is 7.33. The lowest BCUT2D eigenvalue weighted by molar-refractivity contribution is 0.102. The Morgan fingerprint density at radius 2 is 1.96 bits per heavy atom. The summed E-state index contributed by atoms with van der Waals surface area (Å²) in [6.07, 6.45) is 2.05. The molecule has 5 nitrogen and oxygen atoms in total. The highest BCUT2D eigenvalue weighted by molar-refractivity contribution is 6.30. The highest BCUT2D eigenvalue weighted by Gasteiger charge is 2.16. The number of hydrogen-bond donors (Lipinski definition) is 1. The van der Waals surface area contributed by atoms with Crippen molar-refractivity contribution in [2.24, 2.45) is 0 Å². The molecule has 0 aliphatic carbocycles. The number of para-hydroxylation sites is 1. The first-order valence-corrected chi connectivity index (χ1v) is 9.78. The van der Waals surface area contributed by atoms with Gasteiger partial charge in [0.25, 0.3) is 5.91 Å². The van der Waals surface area contributed by atoms with E-state index in [1.807, 2.05) is 16.8 Å². The molecule has 0 saturated carbocycles. The normalized spacial score (nSPS) is 11.2. The molecule has 0 unspecified atom stereocenters. The lowest BCUT2D eigenvalue weighted by Crippen LogP contribution is -2.12. The summed E-state index contributed by atoms with van der Waals surface area (Å²) in [4.78, 5) is 17.6. The van der Waals surface area contributed by atoms with E-state index in [0.717, 1.165) is 46.9 Å². The predicted octanol–water partition coefficient (Wildman–Crippen LogP) is 5.60. The molecule has 2 heterocycles. The molecule has 0 fully saturated rings. The van der Waals surface area contributed by atoms with Gasteiger partial charge in [0, 0.05) is 22.5 Å². The molecule has 0 aliphatic rings. The van der Waals surface area contributed by atoms with E-state index in [1.54, 1.807) is 24.3 Å². The van der Waals surface area contributed by atoms with Crippen molar-refractivity contribution in [3.05, 3.63) is 64.7 Å². The Bertz CT molecular complexity index is 1160. The first kappa shape index (κ1) is 18.4. The number of benzene rings is 2. The van der Waals surface area contributed by atoms with Crippen LogP contribution in [0.5, 0.6) is 0 Å². The summed E-state index contributed by atoms with van der Waals surface area (Å²) in [5, 5.41) is 10.1. The van der Waals surface area contributed by atoms with Gasteiger partial charge in [0.2, 0.25) is 0 Å². The average molecular weight is 393 g/mol. The Hall–Kier alpha value is -2.92. The Morgan fingerprint density at radius 1 is 1.18 bits per heavy atom. The highest BCUT2D eigenvalue weighted by Crippen LogP contribution is 2.28. The minimum absolute atomic E-state index is 0.219. The van der Waals surface area contributed by atoms with Gasteiger partial charge >= 0.3 is 0 Å². The van der Waals surface area contributed by atoms with Crippen molar-refractivity contribution in [2.75, 3.05) is 5.32 Å². The van der Waals surface area contributed by atoms with Gasteiger partial charge in [-0.25, -0.2) is 9.67 Å². The topological polar surface area (TPSA) is 59.8 Å². The summed E-state index contributed by atoms with van der Waals surface area (Å²) in [6.45, 7) is 4.95.